The normalized spacial score (nSPS) is 17.1. The number of H-pyrrole nitrogens is 2. The predicted molar refractivity (Wildman–Crippen MR) is 138 cm³/mol. The van der Waals surface area contributed by atoms with Crippen molar-refractivity contribution >= 4 is 34.4 Å². The van der Waals surface area contributed by atoms with Gasteiger partial charge in [0.1, 0.15) is 22.7 Å². The number of rotatable bonds is 7. The molecule has 0 unspecified atom stereocenters. The Bertz CT molecular complexity index is 1460. The minimum absolute atomic E-state index is 0.146. The molecule has 1 aliphatic heterocycles. The molecule has 0 saturated carbocycles. The van der Waals surface area contributed by atoms with Gasteiger partial charge in [-0.2, -0.15) is 0 Å². The van der Waals surface area contributed by atoms with E-state index in [-0.39, 0.29) is 23.1 Å². The van der Waals surface area contributed by atoms with Crippen LogP contribution in [0.3, 0.4) is 0 Å². The van der Waals surface area contributed by atoms with Crippen LogP contribution in [0.1, 0.15) is 48.9 Å². The molecular formula is C25H24FN5O5S. The number of carbonyl (C=O) groups excluding carboxylic acids is 2. The molecule has 4 rings (SSSR count). The Balaban J connectivity index is 1.60. The van der Waals surface area contributed by atoms with Crippen molar-refractivity contribution in [2.75, 3.05) is 5.32 Å². The van der Waals surface area contributed by atoms with Gasteiger partial charge in [0.15, 0.2) is 5.17 Å². The average molecular weight is 526 g/mol. The molecule has 10 nitrogen and oxygen atoms in total. The maximum Gasteiger partial charge on any atom is 0.328 e. The van der Waals surface area contributed by atoms with Crippen molar-refractivity contribution in [2.45, 2.75) is 37.5 Å². The Morgan fingerprint density at radius 2 is 1.70 bits per heavy atom. The molecule has 0 radical (unpaired) electrons. The van der Waals surface area contributed by atoms with E-state index in [4.69, 9.17) is 0 Å². The van der Waals surface area contributed by atoms with Crippen LogP contribution in [-0.4, -0.2) is 37.3 Å². The number of benzene rings is 2. The maximum absolute atomic E-state index is 13.1. The van der Waals surface area contributed by atoms with Crippen LogP contribution < -0.4 is 21.9 Å². The third-order valence-electron chi connectivity index (χ3n) is 5.67. The Morgan fingerprint density at radius 3 is 2.32 bits per heavy atom. The minimum Gasteiger partial charge on any atom is -0.494 e. The second-order valence-corrected chi connectivity index (χ2v) is 9.88. The van der Waals surface area contributed by atoms with E-state index in [9.17, 15) is 28.7 Å². The van der Waals surface area contributed by atoms with E-state index in [0.29, 0.717) is 11.3 Å². The zero-order valence-corrected chi connectivity index (χ0v) is 20.7. The highest BCUT2D eigenvalue weighted by Gasteiger charge is 2.34. The van der Waals surface area contributed by atoms with Crippen LogP contribution in [0.2, 0.25) is 0 Å². The quantitative estimate of drug-likeness (QED) is 0.319. The lowest BCUT2D eigenvalue weighted by molar-refractivity contribution is -0.122. The summed E-state index contributed by atoms with van der Waals surface area (Å²) in [5.74, 6) is -1.72. The summed E-state index contributed by atoms with van der Waals surface area (Å²) in [5, 5.41) is 14.9. The van der Waals surface area contributed by atoms with Gasteiger partial charge in [-0.3, -0.25) is 24.4 Å². The first-order chi connectivity index (χ1) is 17.6. The highest BCUT2D eigenvalue weighted by Crippen LogP contribution is 2.32. The molecular weight excluding hydrogens is 501 g/mol. The number of nitrogens with one attached hydrogen (secondary N) is 4. The number of anilines is 1. The van der Waals surface area contributed by atoms with E-state index in [1.54, 1.807) is 12.1 Å². The van der Waals surface area contributed by atoms with Gasteiger partial charge in [-0.05, 0) is 41.3 Å². The van der Waals surface area contributed by atoms with Gasteiger partial charge in [0.05, 0.1) is 0 Å². The number of nitrogens with zero attached hydrogens (tertiary/aromatic N) is 1. The fourth-order valence-electron chi connectivity index (χ4n) is 3.74. The first-order valence-corrected chi connectivity index (χ1v) is 12.2. The summed E-state index contributed by atoms with van der Waals surface area (Å²) < 4.78 is 13.1. The Labute approximate surface area is 214 Å². The summed E-state index contributed by atoms with van der Waals surface area (Å²) in [4.78, 5) is 58.0. The Hall–Kier alpha value is -4.19. The summed E-state index contributed by atoms with van der Waals surface area (Å²) in [6.45, 7) is 4.06. The van der Waals surface area contributed by atoms with Crippen molar-refractivity contribution in [3.05, 3.63) is 91.9 Å². The fourth-order valence-corrected chi connectivity index (χ4v) is 4.73. The molecule has 0 spiro atoms. The fraction of sp³-hybridized carbons (Fsp3) is 0.240. The van der Waals surface area contributed by atoms with Gasteiger partial charge in [-0.15, -0.1) is 0 Å². The number of amidine groups is 1. The number of hydrogen-bond donors (Lipinski definition) is 5. The average Bonchev–Trinajstić information content (AvgIpc) is 3.17. The van der Waals surface area contributed by atoms with Crippen LogP contribution in [0.15, 0.2) is 63.1 Å². The first-order valence-electron chi connectivity index (χ1n) is 11.4. The lowest BCUT2D eigenvalue weighted by atomic mass is 9.96. The number of amides is 2. The van der Waals surface area contributed by atoms with Gasteiger partial charge in [0, 0.05) is 12.1 Å². The lowest BCUT2D eigenvalue weighted by Crippen LogP contribution is -2.29. The summed E-state index contributed by atoms with van der Waals surface area (Å²) in [5.41, 5.74) is 0.0809. The van der Waals surface area contributed by atoms with E-state index in [1.807, 2.05) is 26.0 Å². The van der Waals surface area contributed by atoms with Crippen molar-refractivity contribution in [3.8, 4) is 5.88 Å². The molecule has 2 atom stereocenters. The molecule has 0 aliphatic carbocycles. The topological polar surface area (TPSA) is 157 Å². The third-order valence-corrected chi connectivity index (χ3v) is 6.77. The van der Waals surface area contributed by atoms with Crippen LogP contribution in [0.5, 0.6) is 5.88 Å². The lowest BCUT2D eigenvalue weighted by Gasteiger charge is -2.15. The van der Waals surface area contributed by atoms with Gasteiger partial charge in [0.25, 0.3) is 5.56 Å². The molecule has 1 aliphatic rings. The van der Waals surface area contributed by atoms with Crippen LogP contribution in [-0.2, 0) is 9.59 Å². The van der Waals surface area contributed by atoms with Crippen LogP contribution in [0.25, 0.3) is 0 Å². The summed E-state index contributed by atoms with van der Waals surface area (Å²) in [7, 11) is 0. The van der Waals surface area contributed by atoms with Gasteiger partial charge >= 0.3 is 5.69 Å². The molecule has 192 valence electrons. The first kappa shape index (κ1) is 25.9. The van der Waals surface area contributed by atoms with Crippen molar-refractivity contribution in [1.82, 2.24) is 15.3 Å². The Morgan fingerprint density at radius 1 is 1.05 bits per heavy atom. The second-order valence-electron chi connectivity index (χ2n) is 8.68. The molecule has 1 saturated heterocycles. The highest BCUT2D eigenvalue weighted by molar-refractivity contribution is 8.15. The number of aromatic nitrogens is 2. The molecule has 3 aromatic rings. The summed E-state index contributed by atoms with van der Waals surface area (Å²) >= 11 is 1.00. The monoisotopic (exact) mass is 525 g/mol. The number of aromatic amines is 2. The van der Waals surface area contributed by atoms with E-state index >= 15 is 0 Å². The van der Waals surface area contributed by atoms with Gasteiger partial charge in [-0.1, -0.05) is 49.9 Å². The Kier molecular flexibility index (Phi) is 7.58. The number of aliphatic imine (C=N–C) groups is 1. The number of thioether (sulfide) groups is 1. The number of halogens is 1. The number of carbonyl (C=O) groups is 2. The number of aromatic hydroxyl groups is 1. The molecule has 1 fully saturated rings. The number of hydrogen-bond acceptors (Lipinski definition) is 7. The standard InChI is InChI=1S/C25H24FN5O5S/c1-12(2)13-3-5-14(6-4-13)20(19-22(34)29-24(36)30-23(19)35)28-25-31-21(33)17(37-25)11-18(32)27-16-9-7-15(26)8-10-16/h3-10,12,17,20H,11H2,1-2H3,(H,27,32)(H,28,31,33)(H3,29,30,34,35,36)/t17-,20+/m1/s1. The van der Waals surface area contributed by atoms with Gasteiger partial charge in [-0.25, -0.2) is 14.2 Å². The van der Waals surface area contributed by atoms with Crippen LogP contribution in [0.4, 0.5) is 10.1 Å². The molecule has 37 heavy (non-hydrogen) atoms. The van der Waals surface area contributed by atoms with Crippen molar-refractivity contribution < 1.29 is 19.1 Å². The van der Waals surface area contributed by atoms with Crippen molar-refractivity contribution in [2.24, 2.45) is 4.99 Å². The second kappa shape index (κ2) is 10.8. The van der Waals surface area contributed by atoms with Crippen LogP contribution in [0, 0.1) is 5.82 Å². The van der Waals surface area contributed by atoms with Crippen molar-refractivity contribution in [1.29, 1.82) is 0 Å². The maximum atomic E-state index is 13.1. The van der Waals surface area contributed by atoms with Gasteiger partial charge in [0.2, 0.25) is 17.7 Å². The molecule has 5 N–H and O–H groups in total. The summed E-state index contributed by atoms with van der Waals surface area (Å²) in [6.07, 6.45) is -0.175. The van der Waals surface area contributed by atoms with Gasteiger partial charge < -0.3 is 15.7 Å². The largest absolute Gasteiger partial charge is 0.494 e. The molecule has 2 amide bonds. The van der Waals surface area contributed by atoms with E-state index in [2.05, 4.69) is 25.6 Å². The SMILES string of the molecule is CC(C)c1ccc([C@H](N=C2NC(=O)[C@@H](CC(=O)Nc3ccc(F)cc3)S2)c2c(O)[nH]c(=O)[nH]c2=O)cc1. The van der Waals surface area contributed by atoms with Crippen LogP contribution >= 0.6 is 11.8 Å². The zero-order chi connectivity index (χ0) is 26.7. The highest BCUT2D eigenvalue weighted by atomic mass is 32.2. The van der Waals surface area contributed by atoms with E-state index in [0.717, 1.165) is 17.3 Å². The molecule has 1 aromatic heterocycles. The van der Waals surface area contributed by atoms with E-state index in [1.165, 1.54) is 24.3 Å². The zero-order valence-electron chi connectivity index (χ0n) is 19.9. The summed E-state index contributed by atoms with van der Waals surface area (Å²) in [6, 6.07) is 11.4. The minimum atomic E-state index is -1.06. The smallest absolute Gasteiger partial charge is 0.328 e. The van der Waals surface area contributed by atoms with Crippen molar-refractivity contribution in [3.63, 3.8) is 0 Å². The molecule has 2 aromatic carbocycles. The third kappa shape index (κ3) is 6.15. The molecule has 12 heteroatoms. The molecule has 2 heterocycles. The predicted octanol–water partition coefficient (Wildman–Crippen LogP) is 2.74. The van der Waals surface area contributed by atoms with E-state index < -0.39 is 46.1 Å². The molecule has 0 bridgehead atoms.